The molecule has 0 unspecified atom stereocenters. The number of rotatable bonds is 5. The van der Waals surface area contributed by atoms with E-state index in [1.807, 2.05) is 4.90 Å². The van der Waals surface area contributed by atoms with Gasteiger partial charge in [0.2, 0.25) is 11.8 Å². The molecular formula is C21H26ClF3N2O2S. The van der Waals surface area contributed by atoms with E-state index in [-0.39, 0.29) is 34.5 Å². The highest BCUT2D eigenvalue weighted by Gasteiger charge is 2.33. The van der Waals surface area contributed by atoms with Gasteiger partial charge in [-0.25, -0.2) is 0 Å². The first-order valence-electron chi connectivity index (χ1n) is 10.3. The van der Waals surface area contributed by atoms with Crippen molar-refractivity contribution in [3.05, 3.63) is 28.8 Å². The maximum absolute atomic E-state index is 12.9. The van der Waals surface area contributed by atoms with Crippen molar-refractivity contribution in [2.75, 3.05) is 18.8 Å². The average molecular weight is 463 g/mol. The fourth-order valence-electron chi connectivity index (χ4n) is 4.08. The smallest absolute Gasteiger partial charge is 0.353 e. The summed E-state index contributed by atoms with van der Waals surface area (Å²) in [6, 6.07) is 3.63. The molecule has 0 bridgehead atoms. The van der Waals surface area contributed by atoms with Gasteiger partial charge in [0.05, 0.1) is 16.3 Å². The van der Waals surface area contributed by atoms with Crippen LogP contribution in [-0.4, -0.2) is 41.6 Å². The molecule has 1 aliphatic carbocycles. The van der Waals surface area contributed by atoms with Crippen molar-refractivity contribution in [2.24, 2.45) is 5.92 Å². The lowest BCUT2D eigenvalue weighted by Gasteiger charge is -2.35. The van der Waals surface area contributed by atoms with Crippen LogP contribution in [0.3, 0.4) is 0 Å². The lowest BCUT2D eigenvalue weighted by Crippen LogP contribution is -2.48. The number of halogens is 4. The van der Waals surface area contributed by atoms with Crippen molar-refractivity contribution in [3.8, 4) is 0 Å². The van der Waals surface area contributed by atoms with Crippen LogP contribution in [0.25, 0.3) is 0 Å². The molecule has 1 aliphatic heterocycles. The van der Waals surface area contributed by atoms with E-state index in [9.17, 15) is 22.8 Å². The van der Waals surface area contributed by atoms with Gasteiger partial charge in [-0.3, -0.25) is 9.59 Å². The number of hydrogen-bond acceptors (Lipinski definition) is 3. The predicted molar refractivity (Wildman–Crippen MR) is 111 cm³/mol. The number of benzene rings is 1. The molecule has 166 valence electrons. The summed E-state index contributed by atoms with van der Waals surface area (Å²) in [4.78, 5) is 27.1. The Labute approximate surface area is 183 Å². The fourth-order valence-corrected chi connectivity index (χ4v) is 5.05. The molecule has 2 aliphatic rings. The number of nitrogens with one attached hydrogen (secondary N) is 1. The van der Waals surface area contributed by atoms with Crippen LogP contribution in [-0.2, 0) is 15.8 Å². The Morgan fingerprint density at radius 1 is 1.10 bits per heavy atom. The second-order valence-electron chi connectivity index (χ2n) is 7.93. The predicted octanol–water partition coefficient (Wildman–Crippen LogP) is 5.14. The summed E-state index contributed by atoms with van der Waals surface area (Å²) in [6.45, 7) is 1.28. The van der Waals surface area contributed by atoms with Crippen LogP contribution >= 0.6 is 23.4 Å². The molecule has 0 aromatic heterocycles. The monoisotopic (exact) mass is 462 g/mol. The highest BCUT2D eigenvalue weighted by molar-refractivity contribution is 8.00. The number of carbonyl (C=O) groups is 2. The number of alkyl halides is 3. The average Bonchev–Trinajstić information content (AvgIpc) is 2.73. The first-order valence-corrected chi connectivity index (χ1v) is 11.7. The molecule has 30 heavy (non-hydrogen) atoms. The molecule has 1 saturated heterocycles. The van der Waals surface area contributed by atoms with Gasteiger partial charge < -0.3 is 10.2 Å². The first-order chi connectivity index (χ1) is 14.2. The topological polar surface area (TPSA) is 49.4 Å². The normalized spacial score (nSPS) is 19.0. The second-order valence-corrected chi connectivity index (χ2v) is 9.39. The number of hydrogen-bond donors (Lipinski definition) is 1. The first kappa shape index (κ1) is 23.3. The highest BCUT2D eigenvalue weighted by Crippen LogP contribution is 2.37. The standard InChI is InChI=1S/C21H26ClF3N2O2S/c22-18-7-6-16(12-17(18)21(23,24)25)30-13-19(28)26-15-8-10-27(11-9-15)20(29)14-4-2-1-3-5-14/h6-7,12,14-15H,1-5,8-11,13H2,(H,26,28). The van der Waals surface area contributed by atoms with Gasteiger partial charge in [-0.15, -0.1) is 11.8 Å². The number of thioether (sulfide) groups is 1. The van der Waals surface area contributed by atoms with Crippen molar-refractivity contribution >= 4 is 35.2 Å². The maximum atomic E-state index is 12.9. The minimum atomic E-state index is -4.53. The Hall–Kier alpha value is -1.41. The fraction of sp³-hybridized carbons (Fsp3) is 0.619. The third kappa shape index (κ3) is 6.30. The third-order valence-corrected chi connectivity index (χ3v) is 7.06. The number of nitrogens with zero attached hydrogens (tertiary/aromatic N) is 1. The van der Waals surface area contributed by atoms with Gasteiger partial charge in [0, 0.05) is 29.9 Å². The molecule has 2 fully saturated rings. The highest BCUT2D eigenvalue weighted by atomic mass is 35.5. The van der Waals surface area contributed by atoms with Crippen molar-refractivity contribution in [2.45, 2.75) is 62.1 Å². The molecule has 1 aromatic carbocycles. The molecule has 1 saturated carbocycles. The van der Waals surface area contributed by atoms with Crippen molar-refractivity contribution in [1.29, 1.82) is 0 Å². The molecule has 0 radical (unpaired) electrons. The van der Waals surface area contributed by atoms with Gasteiger partial charge in [-0.2, -0.15) is 13.2 Å². The quantitative estimate of drug-likeness (QED) is 0.616. The van der Waals surface area contributed by atoms with E-state index in [0.29, 0.717) is 30.8 Å². The summed E-state index contributed by atoms with van der Waals surface area (Å²) in [6.07, 6.45) is 2.29. The second kappa shape index (κ2) is 10.3. The number of likely N-dealkylation sites (tertiary alicyclic amines) is 1. The minimum absolute atomic E-state index is 0.00976. The third-order valence-electron chi connectivity index (χ3n) is 5.74. The maximum Gasteiger partial charge on any atom is 0.417 e. The summed E-state index contributed by atoms with van der Waals surface area (Å²) in [7, 11) is 0. The lowest BCUT2D eigenvalue weighted by molar-refractivity contribution is -0.138. The minimum Gasteiger partial charge on any atom is -0.353 e. The Kier molecular flexibility index (Phi) is 7.96. The summed E-state index contributed by atoms with van der Waals surface area (Å²) in [5.41, 5.74) is -0.899. The molecule has 0 spiro atoms. The molecule has 0 atom stereocenters. The van der Waals surface area contributed by atoms with E-state index in [1.54, 1.807) is 0 Å². The van der Waals surface area contributed by atoms with Gasteiger partial charge in [-0.05, 0) is 43.9 Å². The van der Waals surface area contributed by atoms with Crippen LogP contribution < -0.4 is 5.32 Å². The van der Waals surface area contributed by atoms with Gasteiger partial charge in [0.25, 0.3) is 0 Å². The van der Waals surface area contributed by atoms with Gasteiger partial charge in [-0.1, -0.05) is 30.9 Å². The van der Waals surface area contributed by atoms with Crippen LogP contribution in [0, 0.1) is 5.92 Å². The molecule has 1 aromatic rings. The van der Waals surface area contributed by atoms with Gasteiger partial charge in [0.15, 0.2) is 0 Å². The zero-order valence-corrected chi connectivity index (χ0v) is 18.2. The molecule has 3 rings (SSSR count). The Balaban J connectivity index is 1.42. The molecule has 1 heterocycles. The van der Waals surface area contributed by atoms with Crippen LogP contribution in [0.15, 0.2) is 23.1 Å². The van der Waals surface area contributed by atoms with Gasteiger partial charge in [0.1, 0.15) is 0 Å². The lowest BCUT2D eigenvalue weighted by atomic mass is 9.87. The van der Waals surface area contributed by atoms with E-state index in [4.69, 9.17) is 11.6 Å². The van der Waals surface area contributed by atoms with E-state index >= 15 is 0 Å². The molecule has 2 amide bonds. The zero-order chi connectivity index (χ0) is 21.7. The molecule has 1 N–H and O–H groups in total. The van der Waals surface area contributed by atoms with Crippen LogP contribution in [0.4, 0.5) is 13.2 Å². The molecule has 9 heteroatoms. The van der Waals surface area contributed by atoms with Crippen LogP contribution in [0.2, 0.25) is 5.02 Å². The van der Waals surface area contributed by atoms with Crippen molar-refractivity contribution < 1.29 is 22.8 Å². The van der Waals surface area contributed by atoms with Gasteiger partial charge >= 0.3 is 6.18 Å². The summed E-state index contributed by atoms with van der Waals surface area (Å²) in [5, 5.41) is 2.58. The van der Waals surface area contributed by atoms with E-state index in [0.717, 1.165) is 43.5 Å². The summed E-state index contributed by atoms with van der Waals surface area (Å²) < 4.78 is 38.8. The molecule has 4 nitrogen and oxygen atoms in total. The summed E-state index contributed by atoms with van der Waals surface area (Å²) in [5.74, 6) is 0.209. The Morgan fingerprint density at radius 2 is 1.77 bits per heavy atom. The van der Waals surface area contributed by atoms with Crippen molar-refractivity contribution in [3.63, 3.8) is 0 Å². The number of carbonyl (C=O) groups excluding carboxylic acids is 2. The largest absolute Gasteiger partial charge is 0.417 e. The van der Waals surface area contributed by atoms with E-state index in [2.05, 4.69) is 5.32 Å². The Bertz CT molecular complexity index is 761. The molecular weight excluding hydrogens is 437 g/mol. The number of piperidine rings is 1. The van der Waals surface area contributed by atoms with E-state index < -0.39 is 11.7 Å². The zero-order valence-electron chi connectivity index (χ0n) is 16.6. The van der Waals surface area contributed by atoms with E-state index in [1.165, 1.54) is 18.6 Å². The SMILES string of the molecule is O=C(CSc1ccc(Cl)c(C(F)(F)F)c1)NC1CCN(C(=O)C2CCCCC2)CC1. The van der Waals surface area contributed by atoms with Crippen molar-refractivity contribution in [1.82, 2.24) is 10.2 Å². The number of amides is 2. The summed E-state index contributed by atoms with van der Waals surface area (Å²) >= 11 is 6.66. The van der Waals surface area contributed by atoms with Crippen LogP contribution in [0.1, 0.15) is 50.5 Å². The Morgan fingerprint density at radius 3 is 2.40 bits per heavy atom. The van der Waals surface area contributed by atoms with Crippen LogP contribution in [0.5, 0.6) is 0 Å².